The number of hydrogen-bond donors (Lipinski definition) is 1. The average molecular weight is 479 g/mol. The summed E-state index contributed by atoms with van der Waals surface area (Å²) in [5.74, 6) is -0.463. The lowest BCUT2D eigenvalue weighted by atomic mass is 10.2. The van der Waals surface area contributed by atoms with Gasteiger partial charge < -0.3 is 5.32 Å². The Morgan fingerprint density at radius 2 is 1.83 bits per heavy atom. The van der Waals surface area contributed by atoms with Crippen LogP contribution >= 0.6 is 34.2 Å². The number of carbonyl (C=O) groups excluding carboxylic acids is 1. The quantitative estimate of drug-likeness (QED) is 0.681. The molecule has 0 aliphatic heterocycles. The van der Waals surface area contributed by atoms with Gasteiger partial charge in [-0.2, -0.15) is 0 Å². The minimum absolute atomic E-state index is 0.0144. The van der Waals surface area contributed by atoms with Crippen LogP contribution < -0.4 is 5.32 Å². The molecule has 1 amide bonds. The third kappa shape index (κ3) is 4.08. The monoisotopic (exact) mass is 478 g/mol. The second-order valence-corrected chi connectivity index (χ2v) is 9.07. The van der Waals surface area contributed by atoms with Gasteiger partial charge in [-0.05, 0) is 65.4 Å². The first-order valence-electron chi connectivity index (χ1n) is 6.92. The van der Waals surface area contributed by atoms with Crippen LogP contribution in [-0.2, 0) is 10.0 Å². The van der Waals surface area contributed by atoms with E-state index in [9.17, 15) is 13.2 Å². The van der Waals surface area contributed by atoms with E-state index in [4.69, 9.17) is 11.6 Å². The molecular weight excluding hydrogens is 463 g/mol. The number of carbonyl (C=O) groups is 1. The van der Waals surface area contributed by atoms with E-state index in [1.807, 2.05) is 19.1 Å². The Balaban J connectivity index is 2.37. The molecule has 0 spiro atoms. The Morgan fingerprint density at radius 3 is 2.42 bits per heavy atom. The van der Waals surface area contributed by atoms with Gasteiger partial charge in [0.05, 0.1) is 15.5 Å². The Morgan fingerprint density at radius 1 is 1.17 bits per heavy atom. The predicted octanol–water partition coefficient (Wildman–Crippen LogP) is 3.76. The zero-order valence-electron chi connectivity index (χ0n) is 13.3. The van der Waals surface area contributed by atoms with Crippen LogP contribution in [0, 0.1) is 10.5 Å². The fourth-order valence-corrected chi connectivity index (χ4v) is 3.57. The van der Waals surface area contributed by atoms with Gasteiger partial charge in [-0.1, -0.05) is 17.7 Å². The minimum atomic E-state index is -3.64. The van der Waals surface area contributed by atoms with Gasteiger partial charge >= 0.3 is 0 Å². The van der Waals surface area contributed by atoms with Crippen molar-refractivity contribution in [2.45, 2.75) is 11.8 Å². The summed E-state index contributed by atoms with van der Waals surface area (Å²) in [6.45, 7) is 1.97. The maximum absolute atomic E-state index is 12.5. The standard InChI is InChI=1S/C16H16ClIN2O3S/c1-10-4-5-11(8-15(10)18)19-16(21)13-9-12(6-7-14(13)17)24(22,23)20(2)3/h4-9H,1-3H3,(H,19,21). The summed E-state index contributed by atoms with van der Waals surface area (Å²) >= 11 is 8.25. The normalized spacial score (nSPS) is 11.6. The van der Waals surface area contributed by atoms with Crippen LogP contribution in [-0.4, -0.2) is 32.7 Å². The smallest absolute Gasteiger partial charge is 0.257 e. The summed E-state index contributed by atoms with van der Waals surface area (Å²) < 4.78 is 26.5. The molecule has 0 heterocycles. The summed E-state index contributed by atoms with van der Waals surface area (Å²) in [4.78, 5) is 12.5. The minimum Gasteiger partial charge on any atom is -0.322 e. The summed E-state index contributed by atoms with van der Waals surface area (Å²) in [6, 6.07) is 9.58. The van der Waals surface area contributed by atoms with Gasteiger partial charge in [0.25, 0.3) is 5.91 Å². The number of nitrogens with one attached hydrogen (secondary N) is 1. The first-order valence-corrected chi connectivity index (χ1v) is 9.82. The van der Waals surface area contributed by atoms with Crippen LogP contribution in [0.5, 0.6) is 0 Å². The van der Waals surface area contributed by atoms with Crippen molar-refractivity contribution in [2.24, 2.45) is 0 Å². The number of sulfonamides is 1. The summed E-state index contributed by atoms with van der Waals surface area (Å²) in [5, 5.41) is 2.93. The third-order valence-corrected chi connectivity index (χ3v) is 6.69. The fraction of sp³-hybridized carbons (Fsp3) is 0.188. The topological polar surface area (TPSA) is 66.5 Å². The number of hydrogen-bond acceptors (Lipinski definition) is 3. The van der Waals surface area contributed by atoms with Crippen molar-refractivity contribution in [3.63, 3.8) is 0 Å². The molecule has 128 valence electrons. The number of nitrogens with zero attached hydrogens (tertiary/aromatic N) is 1. The Hall–Kier alpha value is -1.16. The number of halogens is 2. The largest absolute Gasteiger partial charge is 0.322 e. The Kier molecular flexibility index (Phi) is 5.90. The zero-order valence-corrected chi connectivity index (χ0v) is 17.0. The van der Waals surface area contributed by atoms with Crippen LogP contribution in [0.25, 0.3) is 0 Å². The van der Waals surface area contributed by atoms with Crippen molar-refractivity contribution in [3.8, 4) is 0 Å². The van der Waals surface area contributed by atoms with Crippen LogP contribution in [0.3, 0.4) is 0 Å². The molecule has 0 unspecified atom stereocenters. The molecule has 8 heteroatoms. The molecule has 24 heavy (non-hydrogen) atoms. The summed E-state index contributed by atoms with van der Waals surface area (Å²) in [5.41, 5.74) is 1.83. The zero-order chi connectivity index (χ0) is 18.1. The predicted molar refractivity (Wildman–Crippen MR) is 104 cm³/mol. The van der Waals surface area contributed by atoms with E-state index < -0.39 is 15.9 Å². The molecule has 1 N–H and O–H groups in total. The van der Waals surface area contributed by atoms with Crippen molar-refractivity contribution in [3.05, 3.63) is 56.1 Å². The molecule has 0 aromatic heterocycles. The molecule has 0 saturated carbocycles. The first-order chi connectivity index (χ1) is 11.1. The van der Waals surface area contributed by atoms with Crippen LogP contribution in [0.2, 0.25) is 5.02 Å². The number of benzene rings is 2. The second-order valence-electron chi connectivity index (χ2n) is 5.35. The summed E-state index contributed by atoms with van der Waals surface area (Å²) in [6.07, 6.45) is 0. The molecule has 2 aromatic rings. The van der Waals surface area contributed by atoms with Gasteiger partial charge in [-0.3, -0.25) is 4.79 Å². The van der Waals surface area contributed by atoms with E-state index >= 15 is 0 Å². The number of aryl methyl sites for hydroxylation is 1. The van der Waals surface area contributed by atoms with Crippen molar-refractivity contribution < 1.29 is 13.2 Å². The molecule has 0 radical (unpaired) electrons. The van der Waals surface area contributed by atoms with Gasteiger partial charge in [-0.15, -0.1) is 0 Å². The van der Waals surface area contributed by atoms with Crippen molar-refractivity contribution in [2.75, 3.05) is 19.4 Å². The molecule has 0 fully saturated rings. The number of rotatable bonds is 4. The molecule has 0 atom stereocenters. The van der Waals surface area contributed by atoms with Crippen LogP contribution in [0.1, 0.15) is 15.9 Å². The van der Waals surface area contributed by atoms with Crippen molar-refractivity contribution in [1.82, 2.24) is 4.31 Å². The van der Waals surface area contributed by atoms with Gasteiger partial charge in [-0.25, -0.2) is 12.7 Å². The maximum Gasteiger partial charge on any atom is 0.257 e. The highest BCUT2D eigenvalue weighted by atomic mass is 127. The van der Waals surface area contributed by atoms with E-state index in [0.717, 1.165) is 13.4 Å². The van der Waals surface area contributed by atoms with E-state index in [0.29, 0.717) is 5.69 Å². The summed E-state index contributed by atoms with van der Waals surface area (Å²) in [7, 11) is -0.784. The highest BCUT2D eigenvalue weighted by molar-refractivity contribution is 14.1. The van der Waals surface area contributed by atoms with E-state index in [-0.39, 0.29) is 15.5 Å². The molecule has 0 aliphatic carbocycles. The molecule has 0 aliphatic rings. The van der Waals surface area contributed by atoms with Gasteiger partial charge in [0.2, 0.25) is 10.0 Å². The number of anilines is 1. The van der Waals surface area contributed by atoms with E-state index in [1.54, 1.807) is 6.07 Å². The Labute approximate surface area is 160 Å². The van der Waals surface area contributed by atoms with Gasteiger partial charge in [0.1, 0.15) is 0 Å². The average Bonchev–Trinajstić information content (AvgIpc) is 2.51. The fourth-order valence-electron chi connectivity index (χ4n) is 1.92. The van der Waals surface area contributed by atoms with Crippen molar-refractivity contribution in [1.29, 1.82) is 0 Å². The van der Waals surface area contributed by atoms with E-state index in [2.05, 4.69) is 27.9 Å². The lowest BCUT2D eigenvalue weighted by Gasteiger charge is -2.13. The first kappa shape index (κ1) is 19.2. The highest BCUT2D eigenvalue weighted by Gasteiger charge is 2.21. The van der Waals surface area contributed by atoms with Crippen LogP contribution in [0.4, 0.5) is 5.69 Å². The molecule has 2 rings (SSSR count). The molecule has 0 bridgehead atoms. The number of amides is 1. The second kappa shape index (κ2) is 7.38. The maximum atomic E-state index is 12.5. The highest BCUT2D eigenvalue weighted by Crippen LogP contribution is 2.24. The van der Waals surface area contributed by atoms with Gasteiger partial charge in [0, 0.05) is 23.4 Å². The van der Waals surface area contributed by atoms with Gasteiger partial charge in [0.15, 0.2) is 0 Å². The molecule has 0 saturated heterocycles. The lowest BCUT2D eigenvalue weighted by Crippen LogP contribution is -2.23. The Bertz CT molecular complexity index is 898. The molecule has 5 nitrogen and oxygen atoms in total. The lowest BCUT2D eigenvalue weighted by molar-refractivity contribution is 0.102. The molecular formula is C16H16ClIN2O3S. The SMILES string of the molecule is Cc1ccc(NC(=O)c2cc(S(=O)(=O)N(C)C)ccc2Cl)cc1I. The van der Waals surface area contributed by atoms with Crippen molar-refractivity contribution >= 4 is 55.8 Å². The molecule has 2 aromatic carbocycles. The third-order valence-electron chi connectivity index (χ3n) is 3.39. The van der Waals surface area contributed by atoms with E-state index in [1.165, 1.54) is 32.3 Å². The van der Waals surface area contributed by atoms with Crippen LogP contribution in [0.15, 0.2) is 41.3 Å².